The molecule has 0 bridgehead atoms. The Labute approximate surface area is 152 Å². The first kappa shape index (κ1) is 17.4. The fourth-order valence-electron chi connectivity index (χ4n) is 2.32. The van der Waals surface area contributed by atoms with Crippen LogP contribution in [0, 0.1) is 14.1 Å². The average Bonchev–Trinajstić information content (AvgIpc) is 2.96. The van der Waals surface area contributed by atoms with Gasteiger partial charge in [0, 0.05) is 28.8 Å². The lowest BCUT2D eigenvalue weighted by Gasteiger charge is -2.09. The second-order valence-electron chi connectivity index (χ2n) is 5.07. The molecule has 0 atom stereocenters. The van der Waals surface area contributed by atoms with Crippen molar-refractivity contribution < 1.29 is 13.3 Å². The lowest BCUT2D eigenvalue weighted by Crippen LogP contribution is -2.12. The van der Waals surface area contributed by atoms with Crippen LogP contribution in [0.4, 0.5) is 5.69 Å². The number of hydrogen-bond donors (Lipinski definition) is 1. The Hall–Kier alpha value is -2.40. The van der Waals surface area contributed by atoms with Gasteiger partial charge in [-0.25, -0.2) is 13.6 Å². The maximum absolute atomic E-state index is 11.4. The van der Waals surface area contributed by atoms with Crippen molar-refractivity contribution in [1.82, 2.24) is 4.57 Å². The molecule has 7 nitrogen and oxygen atoms in total. The summed E-state index contributed by atoms with van der Waals surface area (Å²) in [5, 5.41) is 17.9. The lowest BCUT2D eigenvalue weighted by molar-refractivity contribution is -0.384. The van der Waals surface area contributed by atoms with Crippen molar-refractivity contribution in [2.24, 2.45) is 5.14 Å². The number of thiazole rings is 1. The molecule has 128 valence electrons. The van der Waals surface area contributed by atoms with E-state index in [4.69, 9.17) is 17.4 Å². The monoisotopic (exact) mass is 393 g/mol. The summed E-state index contributed by atoms with van der Waals surface area (Å²) in [5.74, 6) is 0. The Kier molecular flexibility index (Phi) is 4.52. The summed E-state index contributed by atoms with van der Waals surface area (Å²) in [6, 6.07) is 12.2. The summed E-state index contributed by atoms with van der Waals surface area (Å²) >= 11 is 6.66. The number of nitro benzene ring substituents is 1. The van der Waals surface area contributed by atoms with Crippen LogP contribution >= 0.6 is 23.6 Å². The topological polar surface area (TPSA) is 108 Å². The van der Waals surface area contributed by atoms with Crippen molar-refractivity contribution in [3.63, 3.8) is 0 Å². The average molecular weight is 393 g/mol. The Morgan fingerprint density at radius 2 is 1.84 bits per heavy atom. The molecule has 0 spiro atoms. The molecule has 1 heterocycles. The van der Waals surface area contributed by atoms with E-state index in [9.17, 15) is 18.5 Å². The first-order chi connectivity index (χ1) is 11.8. The zero-order valence-corrected chi connectivity index (χ0v) is 15.0. The first-order valence-electron chi connectivity index (χ1n) is 6.86. The van der Waals surface area contributed by atoms with Gasteiger partial charge in [0.1, 0.15) is 0 Å². The zero-order chi connectivity index (χ0) is 18.2. The van der Waals surface area contributed by atoms with E-state index in [0.29, 0.717) is 20.9 Å². The number of sulfonamides is 1. The Bertz CT molecular complexity index is 1120. The van der Waals surface area contributed by atoms with Crippen molar-refractivity contribution in [2.45, 2.75) is 4.90 Å². The first-order valence-corrected chi connectivity index (χ1v) is 9.69. The van der Waals surface area contributed by atoms with Crippen LogP contribution in [0.5, 0.6) is 0 Å². The molecular formula is C15H11N3O4S3. The number of primary sulfonamides is 1. The van der Waals surface area contributed by atoms with Gasteiger partial charge in [0.2, 0.25) is 10.0 Å². The van der Waals surface area contributed by atoms with Crippen molar-refractivity contribution in [3.8, 4) is 16.9 Å². The number of benzene rings is 2. The minimum absolute atomic E-state index is 0.00473. The third-order valence-electron chi connectivity index (χ3n) is 3.47. The number of nitrogens with two attached hydrogens (primary N) is 1. The largest absolute Gasteiger partial charge is 0.292 e. The Balaban J connectivity index is 2.14. The van der Waals surface area contributed by atoms with Crippen LogP contribution in [0.3, 0.4) is 0 Å². The Morgan fingerprint density at radius 3 is 2.44 bits per heavy atom. The SMILES string of the molecule is NS(=O)(=O)c1ccc(-n2c(-c3cccc([N+](=O)[O-])c3)csc2=S)cc1. The number of aromatic nitrogens is 1. The predicted molar refractivity (Wildman–Crippen MR) is 97.9 cm³/mol. The summed E-state index contributed by atoms with van der Waals surface area (Å²) in [7, 11) is -3.78. The van der Waals surface area contributed by atoms with E-state index in [2.05, 4.69) is 0 Å². The van der Waals surface area contributed by atoms with Crippen molar-refractivity contribution >= 4 is 39.3 Å². The summed E-state index contributed by atoms with van der Waals surface area (Å²) in [6.07, 6.45) is 0. The predicted octanol–water partition coefficient (Wildman–Crippen LogP) is 3.49. The maximum Gasteiger partial charge on any atom is 0.270 e. The molecule has 0 aliphatic carbocycles. The fourth-order valence-corrected chi connectivity index (χ4v) is 3.94. The van der Waals surface area contributed by atoms with Gasteiger partial charge in [0.05, 0.1) is 15.5 Å². The number of hydrogen-bond acceptors (Lipinski definition) is 6. The van der Waals surface area contributed by atoms with E-state index in [1.165, 1.54) is 35.6 Å². The number of non-ortho nitro benzene ring substituents is 1. The van der Waals surface area contributed by atoms with Crippen LogP contribution in [-0.2, 0) is 10.0 Å². The normalized spacial score (nSPS) is 11.4. The van der Waals surface area contributed by atoms with E-state index < -0.39 is 14.9 Å². The van der Waals surface area contributed by atoms with E-state index in [1.54, 1.807) is 34.2 Å². The van der Waals surface area contributed by atoms with E-state index >= 15 is 0 Å². The maximum atomic E-state index is 11.4. The standard InChI is InChI=1S/C15H11N3O4S3/c16-25(21,22)13-6-4-11(5-7-13)17-14(9-24-15(17)23)10-2-1-3-12(8-10)18(19)20/h1-9H,(H2,16,21,22). The minimum Gasteiger partial charge on any atom is -0.292 e. The highest BCUT2D eigenvalue weighted by atomic mass is 32.2. The molecule has 2 aromatic carbocycles. The van der Waals surface area contributed by atoms with Crippen molar-refractivity contribution in [3.05, 3.63) is 68.0 Å². The lowest BCUT2D eigenvalue weighted by atomic mass is 10.1. The van der Waals surface area contributed by atoms with Gasteiger partial charge < -0.3 is 0 Å². The molecule has 0 fully saturated rings. The van der Waals surface area contributed by atoms with E-state index in [-0.39, 0.29) is 10.6 Å². The molecule has 2 N–H and O–H groups in total. The van der Waals surface area contributed by atoms with Gasteiger partial charge in [0.15, 0.2) is 3.95 Å². The molecule has 1 aromatic heterocycles. The second kappa shape index (κ2) is 6.48. The summed E-state index contributed by atoms with van der Waals surface area (Å²) in [4.78, 5) is 10.5. The minimum atomic E-state index is -3.78. The van der Waals surface area contributed by atoms with Crippen LogP contribution in [0.15, 0.2) is 58.8 Å². The molecule has 0 radical (unpaired) electrons. The smallest absolute Gasteiger partial charge is 0.270 e. The molecule has 3 rings (SSSR count). The van der Waals surface area contributed by atoms with Crippen LogP contribution < -0.4 is 5.14 Å². The molecule has 25 heavy (non-hydrogen) atoms. The van der Waals surface area contributed by atoms with Gasteiger partial charge in [-0.3, -0.25) is 14.7 Å². The summed E-state index contributed by atoms with van der Waals surface area (Å²) in [6.45, 7) is 0. The van der Waals surface area contributed by atoms with Crippen molar-refractivity contribution in [1.29, 1.82) is 0 Å². The van der Waals surface area contributed by atoms with Gasteiger partial charge >= 0.3 is 0 Å². The van der Waals surface area contributed by atoms with Crippen molar-refractivity contribution in [2.75, 3.05) is 0 Å². The third kappa shape index (κ3) is 3.51. The molecule has 0 saturated heterocycles. The fraction of sp³-hybridized carbons (Fsp3) is 0. The number of nitrogens with zero attached hydrogens (tertiary/aromatic N) is 2. The molecule has 0 aliphatic rings. The molecule has 10 heteroatoms. The van der Waals surface area contributed by atoms with E-state index in [0.717, 1.165) is 0 Å². The van der Waals surface area contributed by atoms with Gasteiger partial charge in [-0.15, -0.1) is 11.3 Å². The molecule has 0 saturated carbocycles. The highest BCUT2D eigenvalue weighted by molar-refractivity contribution is 7.89. The van der Waals surface area contributed by atoms with Crippen LogP contribution in [0.25, 0.3) is 16.9 Å². The van der Waals surface area contributed by atoms with Gasteiger partial charge in [-0.1, -0.05) is 12.1 Å². The molecule has 0 unspecified atom stereocenters. The molecular weight excluding hydrogens is 382 g/mol. The van der Waals surface area contributed by atoms with E-state index in [1.807, 2.05) is 0 Å². The third-order valence-corrected chi connectivity index (χ3v) is 5.60. The summed E-state index contributed by atoms with van der Waals surface area (Å²) < 4.78 is 25.0. The number of nitro groups is 1. The van der Waals surface area contributed by atoms with Crippen LogP contribution in [0.2, 0.25) is 0 Å². The molecule has 3 aromatic rings. The van der Waals surface area contributed by atoms with Gasteiger partial charge in [0.25, 0.3) is 5.69 Å². The zero-order valence-electron chi connectivity index (χ0n) is 12.5. The van der Waals surface area contributed by atoms with Gasteiger partial charge in [-0.2, -0.15) is 0 Å². The Morgan fingerprint density at radius 1 is 1.16 bits per heavy atom. The highest BCUT2D eigenvalue weighted by Crippen LogP contribution is 2.30. The highest BCUT2D eigenvalue weighted by Gasteiger charge is 2.14. The quantitative estimate of drug-likeness (QED) is 0.415. The number of rotatable bonds is 4. The molecule has 0 amide bonds. The van der Waals surface area contributed by atoms with Crippen LogP contribution in [-0.4, -0.2) is 17.9 Å². The molecule has 0 aliphatic heterocycles. The van der Waals surface area contributed by atoms with Crippen LogP contribution in [0.1, 0.15) is 0 Å². The second-order valence-corrected chi connectivity index (χ2v) is 8.13. The summed E-state index contributed by atoms with van der Waals surface area (Å²) in [5.41, 5.74) is 1.94. The van der Waals surface area contributed by atoms with Gasteiger partial charge in [-0.05, 0) is 36.5 Å².